The molecular formula is C26H35N3O4. The van der Waals surface area contributed by atoms with Gasteiger partial charge in [-0.25, -0.2) is 0 Å². The summed E-state index contributed by atoms with van der Waals surface area (Å²) in [6.07, 6.45) is 6.39. The second kappa shape index (κ2) is 9.69. The van der Waals surface area contributed by atoms with E-state index in [9.17, 15) is 4.79 Å². The second-order valence-corrected chi connectivity index (χ2v) is 9.43. The Balaban J connectivity index is 1.69. The van der Waals surface area contributed by atoms with Crippen LogP contribution >= 0.6 is 0 Å². The summed E-state index contributed by atoms with van der Waals surface area (Å²) in [5, 5.41) is 9.11. The van der Waals surface area contributed by atoms with Crippen molar-refractivity contribution in [2.45, 2.75) is 57.7 Å². The highest BCUT2D eigenvalue weighted by Crippen LogP contribution is 2.47. The van der Waals surface area contributed by atoms with E-state index >= 15 is 0 Å². The Morgan fingerprint density at radius 2 is 2.09 bits per heavy atom. The van der Waals surface area contributed by atoms with Gasteiger partial charge in [0.2, 0.25) is 12.1 Å². The van der Waals surface area contributed by atoms with E-state index in [1.807, 2.05) is 30.3 Å². The van der Waals surface area contributed by atoms with Gasteiger partial charge in [0.15, 0.2) is 0 Å². The van der Waals surface area contributed by atoms with Crippen molar-refractivity contribution in [2.24, 2.45) is 22.6 Å². The molecule has 2 aliphatic heterocycles. The SMILES string of the molecule is CCCC(C)(N)C1CC=C(C2=C(c3ccccc3)C3C(=O)N(C)C(OCCO)=NC3O2)CC1. The third-order valence-corrected chi connectivity index (χ3v) is 7.03. The van der Waals surface area contributed by atoms with E-state index in [0.29, 0.717) is 5.92 Å². The van der Waals surface area contributed by atoms with Gasteiger partial charge >= 0.3 is 0 Å². The number of rotatable bonds is 7. The molecule has 33 heavy (non-hydrogen) atoms. The Morgan fingerprint density at radius 3 is 2.73 bits per heavy atom. The fourth-order valence-corrected chi connectivity index (χ4v) is 5.21. The minimum atomic E-state index is -0.675. The topological polar surface area (TPSA) is 97.4 Å². The number of carbonyl (C=O) groups excluding carboxylic acids is 1. The van der Waals surface area contributed by atoms with Crippen LogP contribution in [0, 0.1) is 11.8 Å². The molecule has 4 unspecified atom stereocenters. The normalized spacial score (nSPS) is 26.9. The number of fused-ring (bicyclic) bond motifs is 1. The van der Waals surface area contributed by atoms with Gasteiger partial charge in [-0.15, -0.1) is 0 Å². The summed E-state index contributed by atoms with van der Waals surface area (Å²) in [6, 6.07) is 10.1. The zero-order valence-corrected chi connectivity index (χ0v) is 19.8. The lowest BCUT2D eigenvalue weighted by Crippen LogP contribution is -2.47. The van der Waals surface area contributed by atoms with Crippen molar-refractivity contribution in [2.75, 3.05) is 20.3 Å². The molecule has 3 N–H and O–H groups in total. The zero-order chi connectivity index (χ0) is 23.6. The van der Waals surface area contributed by atoms with Crippen LogP contribution < -0.4 is 5.73 Å². The van der Waals surface area contributed by atoms with Crippen molar-refractivity contribution in [1.29, 1.82) is 0 Å². The Hall–Kier alpha value is -2.64. The molecule has 0 saturated carbocycles. The molecule has 0 aromatic heterocycles. The van der Waals surface area contributed by atoms with Gasteiger partial charge < -0.3 is 20.3 Å². The van der Waals surface area contributed by atoms with Gasteiger partial charge in [-0.3, -0.25) is 9.69 Å². The molecule has 7 heteroatoms. The summed E-state index contributed by atoms with van der Waals surface area (Å²) in [6.45, 7) is 4.25. The molecule has 0 spiro atoms. The van der Waals surface area contributed by atoms with Gasteiger partial charge in [0.25, 0.3) is 6.02 Å². The molecule has 178 valence electrons. The van der Waals surface area contributed by atoms with Gasteiger partial charge in [0.1, 0.15) is 18.3 Å². The molecule has 0 bridgehead atoms. The van der Waals surface area contributed by atoms with Crippen LogP contribution in [0.2, 0.25) is 0 Å². The number of nitrogens with two attached hydrogens (primary N) is 1. The molecule has 1 amide bonds. The summed E-state index contributed by atoms with van der Waals surface area (Å²) in [5.74, 6) is 0.531. The summed E-state index contributed by atoms with van der Waals surface area (Å²) in [5.41, 5.74) is 9.42. The van der Waals surface area contributed by atoms with Gasteiger partial charge in [-0.1, -0.05) is 49.8 Å². The molecule has 7 nitrogen and oxygen atoms in total. The van der Waals surface area contributed by atoms with Crippen LogP contribution in [0.1, 0.15) is 51.5 Å². The summed E-state index contributed by atoms with van der Waals surface area (Å²) in [4.78, 5) is 19.4. The largest absolute Gasteiger partial charge is 0.467 e. The van der Waals surface area contributed by atoms with E-state index in [-0.39, 0.29) is 30.7 Å². The standard InChI is InChI=1S/C26H35N3O4/c1-4-14-26(2,27)19-12-10-18(11-13-19)22-20(17-8-6-5-7-9-17)21-23(33-22)28-25(32-16-15-30)29(3)24(21)31/h5-10,19,21,23,30H,4,11-16,27H2,1-3H3. The summed E-state index contributed by atoms with van der Waals surface area (Å²) >= 11 is 0. The molecule has 4 rings (SSSR count). The highest BCUT2D eigenvalue weighted by molar-refractivity contribution is 6.04. The Bertz CT molecular complexity index is 967. The number of hydrogen-bond acceptors (Lipinski definition) is 6. The van der Waals surface area contributed by atoms with Crippen LogP contribution in [0.5, 0.6) is 0 Å². The molecule has 0 radical (unpaired) electrons. The van der Waals surface area contributed by atoms with Crippen molar-refractivity contribution in [3.63, 3.8) is 0 Å². The quantitative estimate of drug-likeness (QED) is 0.659. The molecule has 1 aromatic carbocycles. The number of amidine groups is 1. The number of carbonyl (C=O) groups is 1. The average molecular weight is 454 g/mol. The number of aliphatic imine (C=N–C) groups is 1. The van der Waals surface area contributed by atoms with Crippen LogP contribution in [-0.2, 0) is 14.3 Å². The third kappa shape index (κ3) is 4.57. The first-order valence-corrected chi connectivity index (χ1v) is 11.9. The van der Waals surface area contributed by atoms with E-state index in [4.69, 9.17) is 20.3 Å². The van der Waals surface area contributed by atoms with E-state index in [1.165, 1.54) is 4.90 Å². The fraction of sp³-hybridized carbons (Fsp3) is 0.538. The molecule has 1 aliphatic carbocycles. The monoisotopic (exact) mass is 453 g/mol. The van der Waals surface area contributed by atoms with Gasteiger partial charge in [-0.2, -0.15) is 4.99 Å². The number of ether oxygens (including phenoxy) is 2. The maximum atomic E-state index is 13.4. The van der Waals surface area contributed by atoms with Gasteiger partial charge in [-0.05, 0) is 49.7 Å². The van der Waals surface area contributed by atoms with E-state index in [1.54, 1.807) is 7.05 Å². The minimum Gasteiger partial charge on any atom is -0.467 e. The van der Waals surface area contributed by atoms with E-state index in [0.717, 1.165) is 54.6 Å². The van der Waals surface area contributed by atoms with Crippen molar-refractivity contribution in [3.8, 4) is 0 Å². The lowest BCUT2D eigenvalue weighted by Gasteiger charge is -2.36. The highest BCUT2D eigenvalue weighted by Gasteiger charge is 2.48. The van der Waals surface area contributed by atoms with Crippen LogP contribution in [0.4, 0.5) is 0 Å². The molecular weight excluding hydrogens is 418 g/mol. The predicted molar refractivity (Wildman–Crippen MR) is 128 cm³/mol. The Kier molecular flexibility index (Phi) is 6.91. The first kappa shape index (κ1) is 23.5. The lowest BCUT2D eigenvalue weighted by atomic mass is 9.74. The maximum absolute atomic E-state index is 13.4. The second-order valence-electron chi connectivity index (χ2n) is 9.43. The van der Waals surface area contributed by atoms with Crippen LogP contribution in [-0.4, -0.2) is 54.0 Å². The number of aliphatic hydroxyl groups is 1. The number of nitrogens with zero attached hydrogens (tertiary/aromatic N) is 2. The van der Waals surface area contributed by atoms with Crippen LogP contribution in [0.15, 0.2) is 52.7 Å². The first-order chi connectivity index (χ1) is 15.9. The lowest BCUT2D eigenvalue weighted by molar-refractivity contribution is -0.133. The third-order valence-electron chi connectivity index (χ3n) is 7.03. The number of benzene rings is 1. The zero-order valence-electron chi connectivity index (χ0n) is 19.8. The van der Waals surface area contributed by atoms with Crippen molar-refractivity contribution in [3.05, 3.63) is 53.3 Å². The summed E-state index contributed by atoms with van der Waals surface area (Å²) < 4.78 is 11.9. The molecule has 4 atom stereocenters. The van der Waals surface area contributed by atoms with E-state index in [2.05, 4.69) is 24.9 Å². The first-order valence-electron chi connectivity index (χ1n) is 11.9. The average Bonchev–Trinajstić information content (AvgIpc) is 3.20. The molecule has 3 aliphatic rings. The van der Waals surface area contributed by atoms with Crippen LogP contribution in [0.25, 0.3) is 5.57 Å². The number of hydrogen-bond donors (Lipinski definition) is 2. The number of amides is 1. The molecule has 1 aromatic rings. The summed E-state index contributed by atoms with van der Waals surface area (Å²) in [7, 11) is 1.65. The minimum absolute atomic E-state index is 0.0713. The maximum Gasteiger partial charge on any atom is 0.297 e. The number of aliphatic hydroxyl groups excluding tert-OH is 1. The molecule has 0 saturated heterocycles. The van der Waals surface area contributed by atoms with Gasteiger partial charge in [0, 0.05) is 18.2 Å². The Morgan fingerprint density at radius 1 is 1.33 bits per heavy atom. The van der Waals surface area contributed by atoms with Gasteiger partial charge in [0.05, 0.1) is 6.61 Å². The fourth-order valence-electron chi connectivity index (χ4n) is 5.21. The highest BCUT2D eigenvalue weighted by atomic mass is 16.5. The van der Waals surface area contributed by atoms with Crippen LogP contribution in [0.3, 0.4) is 0 Å². The smallest absolute Gasteiger partial charge is 0.297 e. The predicted octanol–water partition coefficient (Wildman–Crippen LogP) is 3.45. The number of allylic oxidation sites excluding steroid dienone is 2. The molecule has 0 fully saturated rings. The van der Waals surface area contributed by atoms with Crippen molar-refractivity contribution < 1.29 is 19.4 Å². The van der Waals surface area contributed by atoms with E-state index < -0.39 is 12.1 Å². The van der Waals surface area contributed by atoms with Crippen molar-refractivity contribution >= 4 is 17.5 Å². The van der Waals surface area contributed by atoms with Crippen molar-refractivity contribution in [1.82, 2.24) is 4.90 Å². The molecule has 2 heterocycles. The Labute approximate surface area is 196 Å².